The van der Waals surface area contributed by atoms with E-state index >= 15 is 0 Å². The van der Waals surface area contributed by atoms with Crippen LogP contribution in [0.25, 0.3) is 0 Å². The minimum absolute atomic E-state index is 0.120. The average Bonchev–Trinajstić information content (AvgIpc) is 2.06. The van der Waals surface area contributed by atoms with Gasteiger partial charge in [-0.2, -0.15) is 0 Å². The summed E-state index contributed by atoms with van der Waals surface area (Å²) < 4.78 is 25.7. The number of benzene rings is 1. The first-order valence-electron chi connectivity index (χ1n) is 4.81. The van der Waals surface area contributed by atoms with E-state index in [1.165, 1.54) is 0 Å². The Morgan fingerprint density at radius 1 is 1.27 bits per heavy atom. The van der Waals surface area contributed by atoms with E-state index in [-0.39, 0.29) is 11.7 Å². The molecule has 0 aliphatic carbocycles. The summed E-state index contributed by atoms with van der Waals surface area (Å²) in [5, 5.41) is 0. The molecular formula is C11H16NO2S. The van der Waals surface area contributed by atoms with Gasteiger partial charge in [0, 0.05) is 5.69 Å². The Hall–Kier alpha value is -1.03. The highest BCUT2D eigenvalue weighted by Gasteiger charge is 2.12. The van der Waals surface area contributed by atoms with Gasteiger partial charge in [0.2, 0.25) is 10.0 Å². The zero-order valence-electron chi connectivity index (χ0n) is 9.03. The Bertz CT molecular complexity index is 407. The van der Waals surface area contributed by atoms with Gasteiger partial charge >= 0.3 is 0 Å². The zero-order valence-corrected chi connectivity index (χ0v) is 9.84. The lowest BCUT2D eigenvalue weighted by Crippen LogP contribution is -2.19. The maximum absolute atomic E-state index is 11.6. The normalized spacial score (nSPS) is 11.7. The van der Waals surface area contributed by atoms with E-state index in [4.69, 9.17) is 0 Å². The summed E-state index contributed by atoms with van der Waals surface area (Å²) >= 11 is 0. The Balaban J connectivity index is 2.73. The predicted octanol–water partition coefficient (Wildman–Crippen LogP) is 2.27. The van der Waals surface area contributed by atoms with Crippen molar-refractivity contribution in [2.75, 3.05) is 10.5 Å². The van der Waals surface area contributed by atoms with Crippen molar-refractivity contribution in [3.63, 3.8) is 0 Å². The summed E-state index contributed by atoms with van der Waals surface area (Å²) in [6, 6.07) is 6.96. The largest absolute Gasteiger partial charge is 0.284 e. The Morgan fingerprint density at radius 2 is 1.80 bits per heavy atom. The van der Waals surface area contributed by atoms with Crippen LogP contribution in [0, 0.1) is 12.8 Å². The van der Waals surface area contributed by atoms with Crippen molar-refractivity contribution >= 4 is 15.7 Å². The molecule has 0 fully saturated rings. The van der Waals surface area contributed by atoms with Crippen molar-refractivity contribution in [2.45, 2.75) is 13.8 Å². The predicted molar refractivity (Wildman–Crippen MR) is 63.1 cm³/mol. The number of sulfonamides is 1. The SMILES string of the molecule is [CH2]c1ccc(NS(=O)(=O)CC(C)C)cc1. The Morgan fingerprint density at radius 3 is 2.27 bits per heavy atom. The summed E-state index contributed by atoms with van der Waals surface area (Å²) in [5.41, 5.74) is 1.45. The van der Waals surface area contributed by atoms with Crippen LogP contribution >= 0.6 is 0 Å². The van der Waals surface area contributed by atoms with Crippen LogP contribution in [0.5, 0.6) is 0 Å². The molecular weight excluding hydrogens is 210 g/mol. The maximum Gasteiger partial charge on any atom is 0.232 e. The topological polar surface area (TPSA) is 46.2 Å². The van der Waals surface area contributed by atoms with Gasteiger partial charge in [0.25, 0.3) is 0 Å². The van der Waals surface area contributed by atoms with E-state index in [2.05, 4.69) is 11.6 Å². The fraction of sp³-hybridized carbons (Fsp3) is 0.364. The number of nitrogens with one attached hydrogen (secondary N) is 1. The summed E-state index contributed by atoms with van der Waals surface area (Å²) in [6.45, 7) is 7.48. The number of anilines is 1. The van der Waals surface area contributed by atoms with Crippen LogP contribution < -0.4 is 4.72 Å². The third kappa shape index (κ3) is 4.34. The highest BCUT2D eigenvalue weighted by Crippen LogP contribution is 2.11. The van der Waals surface area contributed by atoms with E-state index < -0.39 is 10.0 Å². The quantitative estimate of drug-likeness (QED) is 0.856. The molecule has 0 heterocycles. The van der Waals surface area contributed by atoms with Crippen LogP contribution in [0.3, 0.4) is 0 Å². The lowest BCUT2D eigenvalue weighted by Gasteiger charge is -2.09. The molecule has 4 heteroatoms. The Kier molecular flexibility index (Phi) is 3.74. The van der Waals surface area contributed by atoms with Gasteiger partial charge in [-0.25, -0.2) is 8.42 Å². The molecule has 0 aliphatic heterocycles. The molecule has 1 N–H and O–H groups in total. The Labute approximate surface area is 91.6 Å². The molecule has 0 saturated heterocycles. The molecule has 0 bridgehead atoms. The average molecular weight is 226 g/mol. The third-order valence-electron chi connectivity index (χ3n) is 1.78. The van der Waals surface area contributed by atoms with E-state index in [1.54, 1.807) is 24.3 Å². The first-order valence-corrected chi connectivity index (χ1v) is 6.47. The molecule has 0 spiro atoms. The summed E-state index contributed by atoms with van der Waals surface area (Å²) in [4.78, 5) is 0. The molecule has 1 rings (SSSR count). The molecule has 1 aromatic carbocycles. The maximum atomic E-state index is 11.6. The van der Waals surface area contributed by atoms with Gasteiger partial charge < -0.3 is 0 Å². The molecule has 0 amide bonds. The van der Waals surface area contributed by atoms with Crippen LogP contribution in [0.15, 0.2) is 24.3 Å². The second kappa shape index (κ2) is 4.66. The monoisotopic (exact) mass is 226 g/mol. The molecule has 0 saturated carbocycles. The minimum Gasteiger partial charge on any atom is -0.284 e. The van der Waals surface area contributed by atoms with Crippen LogP contribution in [-0.2, 0) is 10.0 Å². The first kappa shape index (κ1) is 12.0. The molecule has 0 unspecified atom stereocenters. The molecule has 0 aliphatic rings. The first-order chi connectivity index (χ1) is 6.89. The van der Waals surface area contributed by atoms with Crippen molar-refractivity contribution < 1.29 is 8.42 Å². The zero-order chi connectivity index (χ0) is 11.5. The van der Waals surface area contributed by atoms with Crippen molar-refractivity contribution in [1.82, 2.24) is 0 Å². The van der Waals surface area contributed by atoms with Crippen molar-refractivity contribution in [2.24, 2.45) is 5.92 Å². The van der Waals surface area contributed by atoms with Crippen molar-refractivity contribution in [3.8, 4) is 0 Å². The van der Waals surface area contributed by atoms with Crippen LogP contribution in [0.2, 0.25) is 0 Å². The summed E-state index contributed by atoms with van der Waals surface area (Å²) in [5.74, 6) is 0.258. The standard InChI is InChI=1S/C11H16NO2S/c1-9(2)8-15(13,14)12-11-6-4-10(3)5-7-11/h4-7,9,12H,3,8H2,1-2H3. The van der Waals surface area contributed by atoms with E-state index in [0.717, 1.165) is 5.56 Å². The summed E-state index contributed by atoms with van der Waals surface area (Å²) in [6.07, 6.45) is 0. The lowest BCUT2D eigenvalue weighted by atomic mass is 10.2. The van der Waals surface area contributed by atoms with Gasteiger partial charge in [0.15, 0.2) is 0 Å². The van der Waals surface area contributed by atoms with E-state index in [9.17, 15) is 8.42 Å². The molecule has 3 nitrogen and oxygen atoms in total. The molecule has 1 aromatic rings. The highest BCUT2D eigenvalue weighted by atomic mass is 32.2. The second-order valence-electron chi connectivity index (χ2n) is 3.97. The minimum atomic E-state index is -3.22. The van der Waals surface area contributed by atoms with Crippen molar-refractivity contribution in [1.29, 1.82) is 0 Å². The van der Waals surface area contributed by atoms with Gasteiger partial charge in [-0.1, -0.05) is 26.0 Å². The number of rotatable bonds is 4. The number of hydrogen-bond acceptors (Lipinski definition) is 2. The number of hydrogen-bond donors (Lipinski definition) is 1. The van der Waals surface area contributed by atoms with E-state index in [0.29, 0.717) is 5.69 Å². The second-order valence-corrected chi connectivity index (χ2v) is 5.74. The molecule has 0 atom stereocenters. The molecule has 1 radical (unpaired) electrons. The van der Waals surface area contributed by atoms with Crippen LogP contribution in [0.1, 0.15) is 19.4 Å². The van der Waals surface area contributed by atoms with Gasteiger partial charge in [-0.05, 0) is 30.5 Å². The van der Waals surface area contributed by atoms with Crippen LogP contribution in [0.4, 0.5) is 5.69 Å². The summed E-state index contributed by atoms with van der Waals surface area (Å²) in [7, 11) is -3.22. The molecule has 15 heavy (non-hydrogen) atoms. The molecule has 0 aromatic heterocycles. The highest BCUT2D eigenvalue weighted by molar-refractivity contribution is 7.92. The van der Waals surface area contributed by atoms with Gasteiger partial charge in [-0.3, -0.25) is 4.72 Å². The van der Waals surface area contributed by atoms with Gasteiger partial charge in [0.1, 0.15) is 0 Å². The van der Waals surface area contributed by atoms with Gasteiger partial charge in [0.05, 0.1) is 5.75 Å². The smallest absolute Gasteiger partial charge is 0.232 e. The lowest BCUT2D eigenvalue weighted by molar-refractivity contribution is 0.587. The van der Waals surface area contributed by atoms with Crippen molar-refractivity contribution in [3.05, 3.63) is 36.8 Å². The fourth-order valence-electron chi connectivity index (χ4n) is 1.23. The van der Waals surface area contributed by atoms with E-state index in [1.807, 2.05) is 13.8 Å². The van der Waals surface area contributed by atoms with Gasteiger partial charge in [-0.15, -0.1) is 0 Å². The third-order valence-corrected chi connectivity index (χ3v) is 3.43. The fourth-order valence-corrected chi connectivity index (χ4v) is 2.69. The molecule has 83 valence electrons. The van der Waals surface area contributed by atoms with Crippen LogP contribution in [-0.4, -0.2) is 14.2 Å².